The van der Waals surface area contributed by atoms with Crippen molar-refractivity contribution in [1.82, 2.24) is 9.97 Å². The summed E-state index contributed by atoms with van der Waals surface area (Å²) >= 11 is 7.30. The van der Waals surface area contributed by atoms with Gasteiger partial charge in [-0.1, -0.05) is 29.8 Å². The minimum Gasteiger partial charge on any atom is -0.486 e. The molecule has 4 rings (SSSR count). The molecule has 152 valence electrons. The maximum absolute atomic E-state index is 12.4. The molecule has 0 fully saturated rings. The standard InChI is InChI=1S/C22H17ClN2O4S/c1-14-20(25-21(29-14)15-5-3-2-4-6-15)22(26)28-11-17-13-30-19(24-17)12-27-18-9-7-16(23)8-10-18/h2-10,13H,11-12H2,1H3. The Kier molecular flexibility index (Phi) is 6.11. The van der Waals surface area contributed by atoms with E-state index in [4.69, 9.17) is 25.5 Å². The molecule has 2 aromatic carbocycles. The topological polar surface area (TPSA) is 74.5 Å². The van der Waals surface area contributed by atoms with Crippen LogP contribution in [-0.4, -0.2) is 15.9 Å². The molecule has 0 unspecified atom stereocenters. The molecule has 0 amide bonds. The Morgan fingerprint density at radius 3 is 2.60 bits per heavy atom. The third-order valence-corrected chi connectivity index (χ3v) is 5.26. The van der Waals surface area contributed by atoms with Gasteiger partial charge in [0.05, 0.1) is 5.69 Å². The summed E-state index contributed by atoms with van der Waals surface area (Å²) in [5.74, 6) is 0.952. The first-order valence-electron chi connectivity index (χ1n) is 9.10. The van der Waals surface area contributed by atoms with Crippen molar-refractivity contribution in [2.24, 2.45) is 0 Å². The van der Waals surface area contributed by atoms with E-state index in [0.29, 0.717) is 34.7 Å². The number of aryl methyl sites for hydroxylation is 1. The maximum Gasteiger partial charge on any atom is 0.361 e. The Hall–Kier alpha value is -3.16. The van der Waals surface area contributed by atoms with Crippen LogP contribution in [0.1, 0.15) is 27.0 Å². The normalized spacial score (nSPS) is 10.7. The number of ether oxygens (including phenoxy) is 2. The highest BCUT2D eigenvalue weighted by atomic mass is 35.5. The van der Waals surface area contributed by atoms with Crippen molar-refractivity contribution in [1.29, 1.82) is 0 Å². The van der Waals surface area contributed by atoms with Crippen LogP contribution in [0.4, 0.5) is 0 Å². The fraction of sp³-hybridized carbons (Fsp3) is 0.136. The zero-order chi connectivity index (χ0) is 20.9. The largest absolute Gasteiger partial charge is 0.486 e. The third kappa shape index (κ3) is 4.87. The average Bonchev–Trinajstić information content (AvgIpc) is 3.39. The highest BCUT2D eigenvalue weighted by Crippen LogP contribution is 2.22. The van der Waals surface area contributed by atoms with E-state index in [1.807, 2.05) is 35.7 Å². The summed E-state index contributed by atoms with van der Waals surface area (Å²) in [7, 11) is 0. The lowest BCUT2D eigenvalue weighted by molar-refractivity contribution is 0.0460. The quantitative estimate of drug-likeness (QED) is 0.343. The number of hydrogen-bond acceptors (Lipinski definition) is 7. The summed E-state index contributed by atoms with van der Waals surface area (Å²) in [6, 6.07) is 16.5. The molecule has 2 heterocycles. The Morgan fingerprint density at radius 2 is 1.83 bits per heavy atom. The van der Waals surface area contributed by atoms with Gasteiger partial charge in [-0.3, -0.25) is 0 Å². The summed E-state index contributed by atoms with van der Waals surface area (Å²) < 4.78 is 16.6. The molecular formula is C22H17ClN2O4S. The summed E-state index contributed by atoms with van der Waals surface area (Å²) in [6.07, 6.45) is 0. The van der Waals surface area contributed by atoms with Crippen LogP contribution in [0.25, 0.3) is 11.5 Å². The molecule has 0 spiro atoms. The van der Waals surface area contributed by atoms with Gasteiger partial charge < -0.3 is 13.9 Å². The molecule has 0 saturated carbocycles. The van der Waals surface area contributed by atoms with Crippen LogP contribution in [0.3, 0.4) is 0 Å². The van der Waals surface area contributed by atoms with E-state index in [9.17, 15) is 4.79 Å². The summed E-state index contributed by atoms with van der Waals surface area (Å²) in [5.41, 5.74) is 1.60. The first kappa shape index (κ1) is 20.1. The number of carbonyl (C=O) groups is 1. The van der Waals surface area contributed by atoms with Gasteiger partial charge in [-0.2, -0.15) is 0 Å². The number of benzene rings is 2. The Morgan fingerprint density at radius 1 is 1.07 bits per heavy atom. The molecule has 2 aromatic heterocycles. The molecule has 0 aliphatic rings. The van der Waals surface area contributed by atoms with Crippen molar-refractivity contribution in [3.05, 3.63) is 87.2 Å². The van der Waals surface area contributed by atoms with Gasteiger partial charge in [0.15, 0.2) is 5.69 Å². The van der Waals surface area contributed by atoms with Crippen molar-refractivity contribution in [2.45, 2.75) is 20.1 Å². The van der Waals surface area contributed by atoms with E-state index >= 15 is 0 Å². The predicted octanol–water partition coefficient (Wildman–Crippen LogP) is 5.70. The van der Waals surface area contributed by atoms with Gasteiger partial charge in [-0.25, -0.2) is 14.8 Å². The lowest BCUT2D eigenvalue weighted by atomic mass is 10.2. The highest BCUT2D eigenvalue weighted by Gasteiger charge is 2.20. The number of hydrogen-bond donors (Lipinski definition) is 0. The molecule has 0 aliphatic heterocycles. The zero-order valence-corrected chi connectivity index (χ0v) is 17.6. The van der Waals surface area contributed by atoms with Crippen molar-refractivity contribution >= 4 is 28.9 Å². The fourth-order valence-electron chi connectivity index (χ4n) is 2.66. The minimum atomic E-state index is -0.551. The van der Waals surface area contributed by atoms with Crippen LogP contribution in [0, 0.1) is 6.92 Å². The molecule has 30 heavy (non-hydrogen) atoms. The molecule has 0 radical (unpaired) electrons. The number of esters is 1. The molecule has 0 aliphatic carbocycles. The van der Waals surface area contributed by atoms with Gasteiger partial charge in [0, 0.05) is 16.0 Å². The van der Waals surface area contributed by atoms with Crippen LogP contribution < -0.4 is 4.74 Å². The number of halogens is 1. The van der Waals surface area contributed by atoms with E-state index in [1.54, 1.807) is 31.2 Å². The van der Waals surface area contributed by atoms with Gasteiger partial charge in [-0.05, 0) is 43.3 Å². The summed E-state index contributed by atoms with van der Waals surface area (Å²) in [4.78, 5) is 21.1. The fourth-order valence-corrected chi connectivity index (χ4v) is 3.47. The van der Waals surface area contributed by atoms with Crippen LogP contribution in [-0.2, 0) is 18.0 Å². The Labute approximate surface area is 182 Å². The molecular weight excluding hydrogens is 424 g/mol. The van der Waals surface area contributed by atoms with Gasteiger partial charge in [0.1, 0.15) is 29.7 Å². The average molecular weight is 441 g/mol. The molecule has 0 N–H and O–H groups in total. The number of oxazole rings is 1. The van der Waals surface area contributed by atoms with E-state index < -0.39 is 5.97 Å². The molecule has 0 atom stereocenters. The number of nitrogens with zero attached hydrogens (tertiary/aromatic N) is 2. The zero-order valence-electron chi connectivity index (χ0n) is 16.0. The first-order valence-corrected chi connectivity index (χ1v) is 10.4. The van der Waals surface area contributed by atoms with Crippen molar-refractivity contribution in [2.75, 3.05) is 0 Å². The molecule has 0 bridgehead atoms. The molecule has 4 aromatic rings. The minimum absolute atomic E-state index is 0.0449. The van der Waals surface area contributed by atoms with Crippen LogP contribution in [0.5, 0.6) is 5.75 Å². The van der Waals surface area contributed by atoms with Crippen molar-refractivity contribution in [3.63, 3.8) is 0 Å². The number of carbonyl (C=O) groups excluding carboxylic acids is 1. The number of aromatic nitrogens is 2. The van der Waals surface area contributed by atoms with Crippen molar-refractivity contribution in [3.8, 4) is 17.2 Å². The second kappa shape index (κ2) is 9.11. The lowest BCUT2D eigenvalue weighted by Gasteiger charge is -2.03. The predicted molar refractivity (Wildman–Crippen MR) is 114 cm³/mol. The smallest absolute Gasteiger partial charge is 0.361 e. The SMILES string of the molecule is Cc1oc(-c2ccccc2)nc1C(=O)OCc1csc(COc2ccc(Cl)cc2)n1. The van der Waals surface area contributed by atoms with Crippen molar-refractivity contribution < 1.29 is 18.7 Å². The van der Waals surface area contributed by atoms with Gasteiger partial charge in [0.2, 0.25) is 5.89 Å². The monoisotopic (exact) mass is 440 g/mol. The Bertz CT molecular complexity index is 1140. The maximum atomic E-state index is 12.4. The van der Waals surface area contributed by atoms with Gasteiger partial charge in [0.25, 0.3) is 0 Å². The van der Waals surface area contributed by atoms with Crippen LogP contribution >= 0.6 is 22.9 Å². The number of rotatable bonds is 7. The molecule has 6 nitrogen and oxygen atoms in total. The van der Waals surface area contributed by atoms with Gasteiger partial charge in [-0.15, -0.1) is 11.3 Å². The van der Waals surface area contributed by atoms with Crippen LogP contribution in [0.15, 0.2) is 64.4 Å². The number of thiazole rings is 1. The highest BCUT2D eigenvalue weighted by molar-refractivity contribution is 7.09. The van der Waals surface area contributed by atoms with E-state index in [-0.39, 0.29) is 12.3 Å². The van der Waals surface area contributed by atoms with E-state index in [2.05, 4.69) is 9.97 Å². The lowest BCUT2D eigenvalue weighted by Crippen LogP contribution is -2.07. The summed E-state index contributed by atoms with van der Waals surface area (Å²) in [6.45, 7) is 2.05. The summed E-state index contributed by atoms with van der Waals surface area (Å²) in [5, 5.41) is 3.26. The van der Waals surface area contributed by atoms with E-state index in [0.717, 1.165) is 10.6 Å². The first-order chi connectivity index (χ1) is 14.6. The Balaban J connectivity index is 1.33. The third-order valence-electron chi connectivity index (χ3n) is 4.14. The molecule has 0 saturated heterocycles. The molecule has 8 heteroatoms. The second-order valence-electron chi connectivity index (χ2n) is 6.34. The van der Waals surface area contributed by atoms with Crippen LogP contribution in [0.2, 0.25) is 5.02 Å². The second-order valence-corrected chi connectivity index (χ2v) is 7.72. The van der Waals surface area contributed by atoms with Gasteiger partial charge >= 0.3 is 5.97 Å². The van der Waals surface area contributed by atoms with E-state index in [1.165, 1.54) is 11.3 Å².